The van der Waals surface area contributed by atoms with Crippen LogP contribution in [0.15, 0.2) is 0 Å². The maximum absolute atomic E-state index is 11.1. The van der Waals surface area contributed by atoms with Gasteiger partial charge < -0.3 is 11.1 Å². The molecule has 1 amide bonds. The molecule has 0 aromatic carbocycles. The molecule has 64 valence electrons. The van der Waals surface area contributed by atoms with E-state index in [9.17, 15) is 4.79 Å². The number of piperidine rings is 1. The van der Waals surface area contributed by atoms with E-state index >= 15 is 0 Å². The highest BCUT2D eigenvalue weighted by Crippen LogP contribution is 2.29. The zero-order valence-corrected chi connectivity index (χ0v) is 7.02. The quantitative estimate of drug-likeness (QED) is 0.602. The molecule has 1 aliphatic rings. The highest BCUT2D eigenvalue weighted by molar-refractivity contribution is 5.81. The highest BCUT2D eigenvalue weighted by Gasteiger charge is 2.35. The van der Waals surface area contributed by atoms with Crippen molar-refractivity contribution in [3.05, 3.63) is 0 Å². The second-order valence-corrected chi connectivity index (χ2v) is 3.28. The molecule has 0 aromatic heterocycles. The topological polar surface area (TPSA) is 55.1 Å². The normalized spacial score (nSPS) is 31.7. The molecule has 3 N–H and O–H groups in total. The van der Waals surface area contributed by atoms with Crippen molar-refractivity contribution in [3.63, 3.8) is 0 Å². The molecular formula is C8H16N2O. The average molecular weight is 156 g/mol. The van der Waals surface area contributed by atoms with E-state index in [4.69, 9.17) is 5.73 Å². The van der Waals surface area contributed by atoms with Gasteiger partial charge in [0, 0.05) is 6.54 Å². The first kappa shape index (κ1) is 8.53. The summed E-state index contributed by atoms with van der Waals surface area (Å²) in [5, 5.41) is 3.21. The number of primary amides is 1. The van der Waals surface area contributed by atoms with E-state index in [1.54, 1.807) is 0 Å². The first-order chi connectivity index (χ1) is 5.21. The number of nitrogens with one attached hydrogen (secondary N) is 1. The van der Waals surface area contributed by atoms with Crippen molar-refractivity contribution in [2.75, 3.05) is 13.1 Å². The number of nitrogens with two attached hydrogens (primary N) is 1. The van der Waals surface area contributed by atoms with Crippen LogP contribution < -0.4 is 11.1 Å². The van der Waals surface area contributed by atoms with Crippen LogP contribution in [0.1, 0.15) is 26.2 Å². The minimum absolute atomic E-state index is 0.146. The highest BCUT2D eigenvalue weighted by atomic mass is 16.1. The van der Waals surface area contributed by atoms with Crippen LogP contribution in [-0.4, -0.2) is 19.0 Å². The number of rotatable bonds is 2. The Bertz CT molecular complexity index is 150. The van der Waals surface area contributed by atoms with E-state index in [-0.39, 0.29) is 11.3 Å². The van der Waals surface area contributed by atoms with Crippen LogP contribution in [0.4, 0.5) is 0 Å². The Morgan fingerprint density at radius 1 is 1.73 bits per heavy atom. The Hall–Kier alpha value is -0.570. The number of carbonyl (C=O) groups excluding carboxylic acids is 1. The van der Waals surface area contributed by atoms with Crippen LogP contribution in [-0.2, 0) is 4.79 Å². The summed E-state index contributed by atoms with van der Waals surface area (Å²) >= 11 is 0. The van der Waals surface area contributed by atoms with E-state index in [0.717, 1.165) is 32.4 Å². The van der Waals surface area contributed by atoms with Gasteiger partial charge in [0.15, 0.2) is 0 Å². The summed E-state index contributed by atoms with van der Waals surface area (Å²) in [5.74, 6) is -0.146. The summed E-state index contributed by atoms with van der Waals surface area (Å²) in [6, 6.07) is 0. The molecule has 0 spiro atoms. The lowest BCUT2D eigenvalue weighted by atomic mass is 9.78. The minimum atomic E-state index is -0.252. The van der Waals surface area contributed by atoms with Gasteiger partial charge in [0.2, 0.25) is 5.91 Å². The molecule has 0 bridgehead atoms. The van der Waals surface area contributed by atoms with Crippen molar-refractivity contribution in [1.29, 1.82) is 0 Å². The number of carbonyl (C=O) groups is 1. The summed E-state index contributed by atoms with van der Waals surface area (Å²) in [7, 11) is 0. The van der Waals surface area contributed by atoms with Crippen LogP contribution in [0.25, 0.3) is 0 Å². The predicted octanol–water partition coefficient (Wildman–Crippen LogP) is 0.252. The maximum Gasteiger partial charge on any atom is 0.224 e. The smallest absolute Gasteiger partial charge is 0.224 e. The van der Waals surface area contributed by atoms with Crippen molar-refractivity contribution < 1.29 is 4.79 Å². The number of hydrogen-bond acceptors (Lipinski definition) is 2. The van der Waals surface area contributed by atoms with E-state index in [0.29, 0.717) is 0 Å². The number of amides is 1. The van der Waals surface area contributed by atoms with Gasteiger partial charge in [0.05, 0.1) is 5.41 Å². The average Bonchev–Trinajstić information content (AvgIpc) is 2.05. The molecule has 1 rings (SSSR count). The van der Waals surface area contributed by atoms with Crippen molar-refractivity contribution in [2.45, 2.75) is 26.2 Å². The third-order valence-corrected chi connectivity index (χ3v) is 2.67. The molecule has 3 nitrogen and oxygen atoms in total. The molecule has 0 aliphatic carbocycles. The van der Waals surface area contributed by atoms with Crippen LogP contribution >= 0.6 is 0 Å². The molecule has 0 radical (unpaired) electrons. The van der Waals surface area contributed by atoms with Crippen LogP contribution in [0.5, 0.6) is 0 Å². The van der Waals surface area contributed by atoms with E-state index < -0.39 is 0 Å². The third-order valence-electron chi connectivity index (χ3n) is 2.67. The monoisotopic (exact) mass is 156 g/mol. The fourth-order valence-electron chi connectivity index (χ4n) is 1.65. The lowest BCUT2D eigenvalue weighted by Crippen LogP contribution is -2.48. The molecule has 11 heavy (non-hydrogen) atoms. The fraction of sp³-hybridized carbons (Fsp3) is 0.875. The van der Waals surface area contributed by atoms with Crippen molar-refractivity contribution >= 4 is 5.91 Å². The molecule has 1 saturated heterocycles. The summed E-state index contributed by atoms with van der Waals surface area (Å²) < 4.78 is 0. The Morgan fingerprint density at radius 3 is 2.73 bits per heavy atom. The van der Waals surface area contributed by atoms with Gasteiger partial charge in [-0.15, -0.1) is 0 Å². The van der Waals surface area contributed by atoms with Crippen LogP contribution in [0.3, 0.4) is 0 Å². The first-order valence-electron chi connectivity index (χ1n) is 4.22. The zero-order chi connectivity index (χ0) is 8.32. The van der Waals surface area contributed by atoms with Gasteiger partial charge in [-0.1, -0.05) is 6.92 Å². The molecular weight excluding hydrogens is 140 g/mol. The van der Waals surface area contributed by atoms with E-state index in [2.05, 4.69) is 5.32 Å². The Balaban J connectivity index is 2.64. The first-order valence-corrected chi connectivity index (χ1v) is 4.22. The molecule has 0 saturated carbocycles. The maximum atomic E-state index is 11.1. The second-order valence-electron chi connectivity index (χ2n) is 3.28. The molecule has 1 fully saturated rings. The van der Waals surface area contributed by atoms with Gasteiger partial charge in [0.1, 0.15) is 0 Å². The van der Waals surface area contributed by atoms with Gasteiger partial charge in [-0.05, 0) is 25.8 Å². The largest absolute Gasteiger partial charge is 0.369 e. The van der Waals surface area contributed by atoms with Gasteiger partial charge >= 0.3 is 0 Å². The molecule has 0 aromatic rings. The molecule has 1 heterocycles. The Morgan fingerprint density at radius 2 is 2.45 bits per heavy atom. The standard InChI is InChI=1S/C8H16N2O/c1-2-8(7(9)11)4-3-5-10-6-8/h10H,2-6H2,1H3,(H2,9,11). The van der Waals surface area contributed by atoms with Gasteiger partial charge in [-0.2, -0.15) is 0 Å². The molecule has 1 unspecified atom stereocenters. The molecule has 1 aliphatic heterocycles. The summed E-state index contributed by atoms with van der Waals surface area (Å²) in [5.41, 5.74) is 5.08. The predicted molar refractivity (Wildman–Crippen MR) is 44.0 cm³/mol. The van der Waals surface area contributed by atoms with Crippen molar-refractivity contribution in [3.8, 4) is 0 Å². The van der Waals surface area contributed by atoms with Gasteiger partial charge in [-0.3, -0.25) is 4.79 Å². The van der Waals surface area contributed by atoms with Crippen LogP contribution in [0.2, 0.25) is 0 Å². The fourth-order valence-corrected chi connectivity index (χ4v) is 1.65. The SMILES string of the molecule is CCC1(C(N)=O)CCCNC1. The van der Waals surface area contributed by atoms with E-state index in [1.165, 1.54) is 0 Å². The molecule has 3 heteroatoms. The Labute approximate surface area is 67.3 Å². The van der Waals surface area contributed by atoms with Gasteiger partial charge in [0.25, 0.3) is 0 Å². The summed E-state index contributed by atoms with van der Waals surface area (Å²) in [6.45, 7) is 3.81. The lowest BCUT2D eigenvalue weighted by Gasteiger charge is -2.33. The zero-order valence-electron chi connectivity index (χ0n) is 7.02. The summed E-state index contributed by atoms with van der Waals surface area (Å²) in [6.07, 6.45) is 2.87. The third kappa shape index (κ3) is 1.53. The van der Waals surface area contributed by atoms with E-state index in [1.807, 2.05) is 6.92 Å². The summed E-state index contributed by atoms with van der Waals surface area (Å²) in [4.78, 5) is 11.1. The molecule has 1 atom stereocenters. The second kappa shape index (κ2) is 3.22. The lowest BCUT2D eigenvalue weighted by molar-refractivity contribution is -0.128. The minimum Gasteiger partial charge on any atom is -0.369 e. The van der Waals surface area contributed by atoms with Crippen molar-refractivity contribution in [2.24, 2.45) is 11.1 Å². The van der Waals surface area contributed by atoms with Crippen molar-refractivity contribution in [1.82, 2.24) is 5.32 Å². The Kier molecular flexibility index (Phi) is 2.49. The van der Waals surface area contributed by atoms with Crippen LogP contribution in [0, 0.1) is 5.41 Å². The van der Waals surface area contributed by atoms with Gasteiger partial charge in [-0.25, -0.2) is 0 Å². The number of hydrogen-bond donors (Lipinski definition) is 2.